The van der Waals surface area contributed by atoms with Crippen LogP contribution in [-0.4, -0.2) is 27.2 Å². The molecule has 9 heteroatoms. The van der Waals surface area contributed by atoms with Crippen molar-refractivity contribution < 1.29 is 9.72 Å². The van der Waals surface area contributed by atoms with E-state index in [1.165, 1.54) is 28.9 Å². The second kappa shape index (κ2) is 8.66. The minimum atomic E-state index is -0.497. The number of nitrogens with one attached hydrogen (secondary N) is 1. The van der Waals surface area contributed by atoms with Crippen LogP contribution in [0.25, 0.3) is 11.3 Å². The van der Waals surface area contributed by atoms with Crippen LogP contribution in [0.3, 0.4) is 0 Å². The molecule has 8 nitrogen and oxygen atoms in total. The smallest absolute Gasteiger partial charge is 0.272 e. The lowest BCUT2D eigenvalue weighted by atomic mass is 10.1. The highest BCUT2D eigenvalue weighted by Gasteiger charge is 2.13. The molecule has 29 heavy (non-hydrogen) atoms. The summed E-state index contributed by atoms with van der Waals surface area (Å²) in [6.07, 6.45) is 0. The number of nitro benzene ring substituents is 1. The van der Waals surface area contributed by atoms with Crippen molar-refractivity contribution >= 4 is 23.2 Å². The molecule has 0 aliphatic heterocycles. The van der Waals surface area contributed by atoms with Gasteiger partial charge in [-0.3, -0.25) is 19.7 Å². The van der Waals surface area contributed by atoms with Gasteiger partial charge in [0.05, 0.1) is 17.2 Å². The third-order valence-electron chi connectivity index (χ3n) is 4.27. The standard InChI is InChI=1S/C20H17ClN4O4/c1-13-12-15(4-8-18(13)25(28)29)20(27)22-10-11-24-19(26)9-7-17(23-24)14-2-5-16(21)6-3-14/h2-9,12H,10-11H2,1H3,(H,22,27). The zero-order valence-electron chi connectivity index (χ0n) is 15.5. The van der Waals surface area contributed by atoms with E-state index in [1.807, 2.05) is 0 Å². The minimum Gasteiger partial charge on any atom is -0.350 e. The summed E-state index contributed by atoms with van der Waals surface area (Å²) in [5.74, 6) is -0.384. The molecule has 0 aliphatic carbocycles. The monoisotopic (exact) mass is 412 g/mol. The van der Waals surface area contributed by atoms with Crippen LogP contribution in [0.4, 0.5) is 5.69 Å². The Labute approximate surface area is 170 Å². The number of hydrogen-bond acceptors (Lipinski definition) is 5. The molecule has 3 aromatic rings. The van der Waals surface area contributed by atoms with E-state index < -0.39 is 4.92 Å². The molecule has 0 aliphatic rings. The highest BCUT2D eigenvalue weighted by atomic mass is 35.5. The second-order valence-corrected chi connectivity index (χ2v) is 6.74. The molecule has 0 radical (unpaired) electrons. The second-order valence-electron chi connectivity index (χ2n) is 6.30. The average Bonchev–Trinajstić information content (AvgIpc) is 2.69. The Hall–Kier alpha value is -3.52. The summed E-state index contributed by atoms with van der Waals surface area (Å²) in [7, 11) is 0. The maximum absolute atomic E-state index is 12.3. The quantitative estimate of drug-likeness (QED) is 0.494. The Bertz CT molecular complexity index is 1130. The van der Waals surface area contributed by atoms with Crippen LogP contribution in [0.2, 0.25) is 5.02 Å². The van der Waals surface area contributed by atoms with E-state index in [0.717, 1.165) is 5.56 Å². The number of benzene rings is 2. The van der Waals surface area contributed by atoms with Crippen LogP contribution in [0.1, 0.15) is 15.9 Å². The zero-order valence-corrected chi connectivity index (χ0v) is 16.2. The highest BCUT2D eigenvalue weighted by molar-refractivity contribution is 6.30. The van der Waals surface area contributed by atoms with Gasteiger partial charge >= 0.3 is 0 Å². The summed E-state index contributed by atoms with van der Waals surface area (Å²) in [6, 6.07) is 14.3. The molecule has 0 atom stereocenters. The summed E-state index contributed by atoms with van der Waals surface area (Å²) < 4.78 is 1.27. The Balaban J connectivity index is 1.67. The molecular formula is C20H17ClN4O4. The molecule has 1 amide bonds. The van der Waals surface area contributed by atoms with Crippen LogP contribution in [-0.2, 0) is 6.54 Å². The molecule has 1 aromatic heterocycles. The molecule has 1 N–H and O–H groups in total. The van der Waals surface area contributed by atoms with Crippen molar-refractivity contribution in [1.82, 2.24) is 15.1 Å². The van der Waals surface area contributed by atoms with Crippen molar-refractivity contribution in [2.75, 3.05) is 6.54 Å². The predicted molar refractivity (Wildman–Crippen MR) is 109 cm³/mol. The summed E-state index contributed by atoms with van der Waals surface area (Å²) >= 11 is 5.89. The zero-order chi connectivity index (χ0) is 21.0. The van der Waals surface area contributed by atoms with E-state index in [2.05, 4.69) is 10.4 Å². The highest BCUT2D eigenvalue weighted by Crippen LogP contribution is 2.19. The van der Waals surface area contributed by atoms with Crippen LogP contribution >= 0.6 is 11.6 Å². The molecule has 0 saturated heterocycles. The number of aryl methyl sites for hydroxylation is 1. The molecule has 0 unspecified atom stereocenters. The number of carbonyl (C=O) groups is 1. The Morgan fingerprint density at radius 2 is 1.90 bits per heavy atom. The van der Waals surface area contributed by atoms with E-state index >= 15 is 0 Å². The van der Waals surface area contributed by atoms with Gasteiger partial charge in [-0.2, -0.15) is 5.10 Å². The maximum Gasteiger partial charge on any atom is 0.272 e. The van der Waals surface area contributed by atoms with Crippen molar-refractivity contribution in [2.24, 2.45) is 0 Å². The predicted octanol–water partition coefficient (Wildman–Crippen LogP) is 3.21. The van der Waals surface area contributed by atoms with Gasteiger partial charge in [0.25, 0.3) is 17.2 Å². The van der Waals surface area contributed by atoms with Gasteiger partial charge in [-0.1, -0.05) is 23.7 Å². The number of rotatable bonds is 6. The van der Waals surface area contributed by atoms with Crippen molar-refractivity contribution in [2.45, 2.75) is 13.5 Å². The fourth-order valence-electron chi connectivity index (χ4n) is 2.76. The molecule has 3 rings (SSSR count). The summed E-state index contributed by atoms with van der Waals surface area (Å²) in [4.78, 5) is 34.7. The number of amides is 1. The first-order valence-electron chi connectivity index (χ1n) is 8.72. The van der Waals surface area contributed by atoms with Crippen molar-refractivity contribution in [3.05, 3.63) is 91.2 Å². The first kappa shape index (κ1) is 20.2. The van der Waals surface area contributed by atoms with Gasteiger partial charge in [0.2, 0.25) is 0 Å². The molecule has 2 aromatic carbocycles. The third kappa shape index (κ3) is 4.85. The van der Waals surface area contributed by atoms with Gasteiger partial charge in [0.15, 0.2) is 0 Å². The van der Waals surface area contributed by atoms with Gasteiger partial charge in [-0.15, -0.1) is 0 Å². The average molecular weight is 413 g/mol. The van der Waals surface area contributed by atoms with E-state index in [9.17, 15) is 19.7 Å². The van der Waals surface area contributed by atoms with Crippen LogP contribution in [0, 0.1) is 17.0 Å². The van der Waals surface area contributed by atoms with Gasteiger partial charge in [0, 0.05) is 40.4 Å². The lowest BCUT2D eigenvalue weighted by molar-refractivity contribution is -0.385. The Kier molecular flexibility index (Phi) is 6.04. The molecule has 0 saturated carbocycles. The topological polar surface area (TPSA) is 107 Å². The number of carbonyl (C=O) groups excluding carboxylic acids is 1. The molecule has 1 heterocycles. The van der Waals surface area contributed by atoms with Crippen LogP contribution < -0.4 is 10.9 Å². The number of nitro groups is 1. The van der Waals surface area contributed by atoms with Gasteiger partial charge < -0.3 is 5.32 Å². The van der Waals surface area contributed by atoms with Crippen LogP contribution in [0.5, 0.6) is 0 Å². The van der Waals surface area contributed by atoms with Crippen molar-refractivity contribution in [1.29, 1.82) is 0 Å². The van der Waals surface area contributed by atoms with Gasteiger partial charge in [0.1, 0.15) is 0 Å². The maximum atomic E-state index is 12.3. The van der Waals surface area contributed by atoms with Crippen molar-refractivity contribution in [3.63, 3.8) is 0 Å². The first-order valence-corrected chi connectivity index (χ1v) is 9.10. The van der Waals surface area contributed by atoms with E-state index in [0.29, 0.717) is 21.8 Å². The molecule has 0 spiro atoms. The fraction of sp³-hybridized carbons (Fsp3) is 0.150. The Morgan fingerprint density at radius 1 is 1.17 bits per heavy atom. The van der Waals surface area contributed by atoms with Crippen molar-refractivity contribution in [3.8, 4) is 11.3 Å². The molecular weight excluding hydrogens is 396 g/mol. The summed E-state index contributed by atoms with van der Waals surface area (Å²) in [5.41, 5.74) is 1.80. The normalized spacial score (nSPS) is 10.6. The number of aromatic nitrogens is 2. The number of halogens is 1. The van der Waals surface area contributed by atoms with E-state index in [4.69, 9.17) is 11.6 Å². The van der Waals surface area contributed by atoms with E-state index in [-0.39, 0.29) is 30.2 Å². The fourth-order valence-corrected chi connectivity index (χ4v) is 2.89. The number of hydrogen-bond donors (Lipinski definition) is 1. The SMILES string of the molecule is Cc1cc(C(=O)NCCn2nc(-c3ccc(Cl)cc3)ccc2=O)ccc1[N+](=O)[O-]. The molecule has 0 fully saturated rings. The molecule has 0 bridgehead atoms. The first-order chi connectivity index (χ1) is 13.8. The lowest BCUT2D eigenvalue weighted by Gasteiger charge is -2.09. The molecule has 148 valence electrons. The largest absolute Gasteiger partial charge is 0.350 e. The summed E-state index contributed by atoms with van der Waals surface area (Å²) in [5, 5.41) is 18.5. The van der Waals surface area contributed by atoms with Crippen LogP contribution in [0.15, 0.2) is 59.4 Å². The summed E-state index contributed by atoms with van der Waals surface area (Å²) in [6.45, 7) is 1.92. The Morgan fingerprint density at radius 3 is 2.55 bits per heavy atom. The minimum absolute atomic E-state index is 0.0451. The van der Waals surface area contributed by atoms with Gasteiger partial charge in [-0.05, 0) is 37.3 Å². The van der Waals surface area contributed by atoms with Gasteiger partial charge in [-0.25, -0.2) is 4.68 Å². The number of nitrogens with zero attached hydrogens (tertiary/aromatic N) is 3. The third-order valence-corrected chi connectivity index (χ3v) is 4.52. The lowest BCUT2D eigenvalue weighted by Crippen LogP contribution is -2.32. The van der Waals surface area contributed by atoms with E-state index in [1.54, 1.807) is 37.3 Å².